The van der Waals surface area contributed by atoms with Gasteiger partial charge in [0.1, 0.15) is 0 Å². The molecule has 0 spiro atoms. The summed E-state index contributed by atoms with van der Waals surface area (Å²) in [6, 6.07) is 0.579. The van der Waals surface area contributed by atoms with Crippen LogP contribution in [0, 0.1) is 5.92 Å². The first kappa shape index (κ1) is 11.6. The van der Waals surface area contributed by atoms with E-state index >= 15 is 0 Å². The molecule has 1 aliphatic rings. The van der Waals surface area contributed by atoms with Crippen molar-refractivity contribution in [3.8, 4) is 0 Å². The molecule has 0 aromatic carbocycles. The molecule has 0 bridgehead atoms. The van der Waals surface area contributed by atoms with Crippen molar-refractivity contribution in [2.24, 2.45) is 11.7 Å². The van der Waals surface area contributed by atoms with E-state index in [-0.39, 0.29) is 0 Å². The van der Waals surface area contributed by atoms with Gasteiger partial charge in [-0.2, -0.15) is 0 Å². The minimum atomic E-state index is 0.579. The normalized spacial score (nSPS) is 25.9. The lowest BCUT2D eigenvalue weighted by molar-refractivity contribution is 0.270. The van der Waals surface area contributed by atoms with Crippen LogP contribution < -0.4 is 5.73 Å². The minimum absolute atomic E-state index is 0.579. The standard InChI is InChI=1S/C12H22N4/c1-10-4-6-12(7-5-10)16-9-11(14-15-16)3-2-8-13/h9-10,12H,2-8,13H2,1H3. The molecule has 1 heterocycles. The Balaban J connectivity index is 1.91. The van der Waals surface area contributed by atoms with Crippen LogP contribution in [-0.4, -0.2) is 21.5 Å². The van der Waals surface area contributed by atoms with Crippen molar-refractivity contribution in [2.75, 3.05) is 6.54 Å². The third-order valence-corrected chi connectivity index (χ3v) is 3.55. The van der Waals surface area contributed by atoms with E-state index in [4.69, 9.17) is 5.73 Å². The van der Waals surface area contributed by atoms with Crippen molar-refractivity contribution in [3.05, 3.63) is 11.9 Å². The molecular weight excluding hydrogens is 200 g/mol. The Morgan fingerprint density at radius 3 is 2.81 bits per heavy atom. The van der Waals surface area contributed by atoms with Gasteiger partial charge in [0, 0.05) is 6.20 Å². The Hall–Kier alpha value is -0.900. The monoisotopic (exact) mass is 222 g/mol. The van der Waals surface area contributed by atoms with Gasteiger partial charge in [-0.15, -0.1) is 5.10 Å². The fraction of sp³-hybridized carbons (Fsp3) is 0.833. The molecule has 90 valence electrons. The summed E-state index contributed by atoms with van der Waals surface area (Å²) < 4.78 is 2.07. The summed E-state index contributed by atoms with van der Waals surface area (Å²) in [5.74, 6) is 0.886. The Kier molecular flexibility index (Phi) is 3.93. The first-order chi connectivity index (χ1) is 7.79. The van der Waals surface area contributed by atoms with Crippen LogP contribution in [0.3, 0.4) is 0 Å². The lowest BCUT2D eigenvalue weighted by Crippen LogP contribution is -2.17. The summed E-state index contributed by atoms with van der Waals surface area (Å²) in [7, 11) is 0. The summed E-state index contributed by atoms with van der Waals surface area (Å²) in [4.78, 5) is 0. The quantitative estimate of drug-likeness (QED) is 0.846. The topological polar surface area (TPSA) is 56.7 Å². The van der Waals surface area contributed by atoms with Gasteiger partial charge < -0.3 is 5.73 Å². The molecule has 0 amide bonds. The van der Waals surface area contributed by atoms with E-state index in [0.29, 0.717) is 6.04 Å². The van der Waals surface area contributed by atoms with Crippen LogP contribution >= 0.6 is 0 Å². The van der Waals surface area contributed by atoms with Crippen molar-refractivity contribution in [1.82, 2.24) is 15.0 Å². The summed E-state index contributed by atoms with van der Waals surface area (Å²) in [6.07, 6.45) is 9.21. The fourth-order valence-corrected chi connectivity index (χ4v) is 2.40. The van der Waals surface area contributed by atoms with Gasteiger partial charge in [-0.25, -0.2) is 4.68 Å². The third kappa shape index (κ3) is 2.82. The van der Waals surface area contributed by atoms with Crippen LogP contribution in [0.4, 0.5) is 0 Å². The number of aromatic nitrogens is 3. The van der Waals surface area contributed by atoms with Crippen LogP contribution in [0.2, 0.25) is 0 Å². The van der Waals surface area contributed by atoms with Crippen molar-refractivity contribution < 1.29 is 0 Å². The van der Waals surface area contributed by atoms with Crippen LogP contribution in [-0.2, 0) is 6.42 Å². The minimum Gasteiger partial charge on any atom is -0.330 e. The average molecular weight is 222 g/mol. The summed E-state index contributed by atoms with van der Waals surface area (Å²) in [6.45, 7) is 3.07. The lowest BCUT2D eigenvalue weighted by atomic mass is 9.87. The molecule has 2 rings (SSSR count). The molecule has 0 saturated heterocycles. The molecule has 16 heavy (non-hydrogen) atoms. The molecule has 1 aromatic heterocycles. The van der Waals surface area contributed by atoms with Gasteiger partial charge in [-0.05, 0) is 51.0 Å². The van der Waals surface area contributed by atoms with Gasteiger partial charge in [0.05, 0.1) is 11.7 Å². The van der Waals surface area contributed by atoms with E-state index in [1.54, 1.807) is 0 Å². The van der Waals surface area contributed by atoms with Crippen LogP contribution in [0.1, 0.15) is 50.8 Å². The van der Waals surface area contributed by atoms with Gasteiger partial charge in [0.2, 0.25) is 0 Å². The van der Waals surface area contributed by atoms with Crippen molar-refractivity contribution in [1.29, 1.82) is 0 Å². The molecule has 2 N–H and O–H groups in total. The largest absolute Gasteiger partial charge is 0.330 e. The molecule has 0 radical (unpaired) electrons. The van der Waals surface area contributed by atoms with Crippen molar-refractivity contribution in [3.63, 3.8) is 0 Å². The highest BCUT2D eigenvalue weighted by Crippen LogP contribution is 2.31. The zero-order chi connectivity index (χ0) is 11.4. The molecule has 0 unspecified atom stereocenters. The first-order valence-electron chi connectivity index (χ1n) is 6.40. The van der Waals surface area contributed by atoms with E-state index < -0.39 is 0 Å². The number of hydrogen-bond acceptors (Lipinski definition) is 3. The smallest absolute Gasteiger partial charge is 0.0827 e. The number of nitrogens with zero attached hydrogens (tertiary/aromatic N) is 3. The SMILES string of the molecule is CC1CCC(n2cc(CCCN)nn2)CC1. The highest BCUT2D eigenvalue weighted by Gasteiger charge is 2.20. The average Bonchev–Trinajstić information content (AvgIpc) is 2.76. The first-order valence-corrected chi connectivity index (χ1v) is 6.40. The summed E-state index contributed by atoms with van der Waals surface area (Å²) >= 11 is 0. The maximum absolute atomic E-state index is 5.49. The maximum Gasteiger partial charge on any atom is 0.0827 e. The summed E-state index contributed by atoms with van der Waals surface area (Å²) in [5, 5.41) is 8.45. The van der Waals surface area contributed by atoms with E-state index in [0.717, 1.165) is 31.0 Å². The molecule has 4 heteroatoms. The zero-order valence-corrected chi connectivity index (χ0v) is 10.1. The molecule has 4 nitrogen and oxygen atoms in total. The number of rotatable bonds is 4. The Bertz CT molecular complexity index is 313. The molecule has 1 saturated carbocycles. The predicted molar refractivity (Wildman–Crippen MR) is 64.1 cm³/mol. The fourth-order valence-electron chi connectivity index (χ4n) is 2.40. The Morgan fingerprint density at radius 2 is 2.12 bits per heavy atom. The maximum atomic E-state index is 5.49. The molecule has 1 aliphatic carbocycles. The van der Waals surface area contributed by atoms with E-state index in [9.17, 15) is 0 Å². The molecule has 1 aromatic rings. The number of hydrogen-bond donors (Lipinski definition) is 1. The van der Waals surface area contributed by atoms with Crippen molar-refractivity contribution in [2.45, 2.75) is 51.5 Å². The molecule has 1 fully saturated rings. The molecule has 0 aliphatic heterocycles. The van der Waals surface area contributed by atoms with Crippen LogP contribution in [0.25, 0.3) is 0 Å². The van der Waals surface area contributed by atoms with Gasteiger partial charge >= 0.3 is 0 Å². The third-order valence-electron chi connectivity index (χ3n) is 3.55. The Morgan fingerprint density at radius 1 is 1.38 bits per heavy atom. The number of nitrogens with two attached hydrogens (primary N) is 1. The lowest BCUT2D eigenvalue weighted by Gasteiger charge is -2.25. The second-order valence-electron chi connectivity index (χ2n) is 5.00. The highest BCUT2D eigenvalue weighted by atomic mass is 15.4. The second kappa shape index (κ2) is 5.43. The van der Waals surface area contributed by atoms with E-state index in [1.807, 2.05) is 0 Å². The Labute approximate surface area is 97.2 Å². The van der Waals surface area contributed by atoms with Gasteiger partial charge in [-0.3, -0.25) is 0 Å². The number of aryl methyl sites for hydroxylation is 1. The van der Waals surface area contributed by atoms with Gasteiger partial charge in [0.25, 0.3) is 0 Å². The van der Waals surface area contributed by atoms with Gasteiger partial charge in [0.15, 0.2) is 0 Å². The van der Waals surface area contributed by atoms with Crippen LogP contribution in [0.15, 0.2) is 6.20 Å². The summed E-state index contributed by atoms with van der Waals surface area (Å²) in [5.41, 5.74) is 6.57. The van der Waals surface area contributed by atoms with E-state index in [1.165, 1.54) is 25.7 Å². The second-order valence-corrected chi connectivity index (χ2v) is 5.00. The zero-order valence-electron chi connectivity index (χ0n) is 10.1. The predicted octanol–water partition coefficient (Wildman–Crippen LogP) is 1.92. The van der Waals surface area contributed by atoms with Crippen molar-refractivity contribution >= 4 is 0 Å². The highest BCUT2D eigenvalue weighted by molar-refractivity contribution is 4.94. The van der Waals surface area contributed by atoms with Crippen LogP contribution in [0.5, 0.6) is 0 Å². The van der Waals surface area contributed by atoms with E-state index in [2.05, 4.69) is 28.1 Å². The molecular formula is C12H22N4. The molecule has 0 atom stereocenters. The van der Waals surface area contributed by atoms with Gasteiger partial charge in [-0.1, -0.05) is 12.1 Å².